The minimum absolute atomic E-state index is 0.0771. The second kappa shape index (κ2) is 9.81. The van der Waals surface area contributed by atoms with Gasteiger partial charge in [0.05, 0.1) is 18.4 Å². The van der Waals surface area contributed by atoms with Crippen molar-refractivity contribution < 1.29 is 29.3 Å². The Hall–Kier alpha value is -3.55. The first-order chi connectivity index (χ1) is 13.0. The van der Waals surface area contributed by atoms with Crippen molar-refractivity contribution >= 4 is 18.1 Å². The molecule has 2 aromatic rings. The van der Waals surface area contributed by atoms with E-state index < -0.39 is 11.9 Å². The van der Waals surface area contributed by atoms with Gasteiger partial charge in [-0.3, -0.25) is 4.79 Å². The number of carbonyl (C=O) groups is 2. The fourth-order valence-electron chi connectivity index (χ4n) is 1.96. The quantitative estimate of drug-likeness (QED) is 0.371. The zero-order valence-corrected chi connectivity index (χ0v) is 14.7. The number of aromatic hydroxyl groups is 2. The molecular weight excluding hydrogens is 352 g/mol. The molecule has 2 aromatic carbocycles. The number of hydrogen-bond acceptors (Lipinski definition) is 7. The number of hydrogen-bond donors (Lipinski definition) is 3. The lowest BCUT2D eigenvalue weighted by Gasteiger charge is -2.06. The van der Waals surface area contributed by atoms with Crippen molar-refractivity contribution in [3.63, 3.8) is 0 Å². The van der Waals surface area contributed by atoms with Crippen molar-refractivity contribution in [3.05, 3.63) is 53.6 Å². The molecule has 0 saturated heterocycles. The highest BCUT2D eigenvalue weighted by atomic mass is 16.5. The first-order valence-electron chi connectivity index (χ1n) is 8.23. The topological polar surface area (TPSA) is 117 Å². The molecule has 0 aliphatic heterocycles. The van der Waals surface area contributed by atoms with Gasteiger partial charge in [-0.1, -0.05) is 6.92 Å². The Labute approximate surface area is 156 Å². The SMILES string of the molecule is CCCOC(=O)c1ccc(OCC(=O)N/N=C/c2ccc(O)cc2O)cc1. The number of nitrogens with zero attached hydrogens (tertiary/aromatic N) is 1. The van der Waals surface area contributed by atoms with Gasteiger partial charge in [0.15, 0.2) is 6.61 Å². The number of amides is 1. The number of esters is 1. The van der Waals surface area contributed by atoms with E-state index >= 15 is 0 Å². The molecule has 0 bridgehead atoms. The third-order valence-corrected chi connectivity index (χ3v) is 3.30. The van der Waals surface area contributed by atoms with E-state index in [1.807, 2.05) is 6.92 Å². The molecule has 0 unspecified atom stereocenters. The van der Waals surface area contributed by atoms with Crippen molar-refractivity contribution in [2.24, 2.45) is 5.10 Å². The highest BCUT2D eigenvalue weighted by Crippen LogP contribution is 2.20. The molecule has 0 aliphatic rings. The summed E-state index contributed by atoms with van der Waals surface area (Å²) in [4.78, 5) is 23.4. The average molecular weight is 372 g/mol. The van der Waals surface area contributed by atoms with Gasteiger partial charge in [0.25, 0.3) is 5.91 Å². The molecule has 8 heteroatoms. The van der Waals surface area contributed by atoms with E-state index in [1.165, 1.54) is 18.3 Å². The molecule has 0 spiro atoms. The zero-order valence-electron chi connectivity index (χ0n) is 14.7. The lowest BCUT2D eigenvalue weighted by Crippen LogP contribution is -2.24. The van der Waals surface area contributed by atoms with Gasteiger partial charge in [0.1, 0.15) is 17.2 Å². The number of phenolic OH excluding ortho intramolecular Hbond substituents is 2. The highest BCUT2D eigenvalue weighted by Gasteiger charge is 2.07. The average Bonchev–Trinajstić information content (AvgIpc) is 2.66. The van der Waals surface area contributed by atoms with Crippen molar-refractivity contribution in [1.29, 1.82) is 0 Å². The monoisotopic (exact) mass is 372 g/mol. The van der Waals surface area contributed by atoms with E-state index in [9.17, 15) is 19.8 Å². The fourth-order valence-corrected chi connectivity index (χ4v) is 1.96. The minimum Gasteiger partial charge on any atom is -0.508 e. The molecule has 0 fully saturated rings. The summed E-state index contributed by atoms with van der Waals surface area (Å²) in [5.41, 5.74) is 2.99. The van der Waals surface area contributed by atoms with Crippen molar-refractivity contribution in [2.45, 2.75) is 13.3 Å². The Morgan fingerprint density at radius 2 is 1.89 bits per heavy atom. The van der Waals surface area contributed by atoms with Gasteiger partial charge in [-0.15, -0.1) is 0 Å². The molecular formula is C19H20N2O6. The number of phenols is 2. The highest BCUT2D eigenvalue weighted by molar-refractivity contribution is 5.89. The van der Waals surface area contributed by atoms with Crippen LogP contribution in [0.5, 0.6) is 17.2 Å². The van der Waals surface area contributed by atoms with Gasteiger partial charge >= 0.3 is 5.97 Å². The summed E-state index contributed by atoms with van der Waals surface area (Å²) in [5, 5.41) is 22.5. The second-order valence-corrected chi connectivity index (χ2v) is 5.49. The zero-order chi connectivity index (χ0) is 19.6. The molecule has 0 aliphatic carbocycles. The molecule has 8 nitrogen and oxygen atoms in total. The van der Waals surface area contributed by atoms with E-state index in [0.717, 1.165) is 12.5 Å². The fraction of sp³-hybridized carbons (Fsp3) is 0.211. The summed E-state index contributed by atoms with van der Waals surface area (Å²) in [6, 6.07) is 10.2. The van der Waals surface area contributed by atoms with Crippen LogP contribution in [-0.2, 0) is 9.53 Å². The Morgan fingerprint density at radius 3 is 2.56 bits per heavy atom. The van der Waals surface area contributed by atoms with Crippen LogP contribution in [0.4, 0.5) is 0 Å². The smallest absolute Gasteiger partial charge is 0.338 e. The van der Waals surface area contributed by atoms with Gasteiger partial charge in [0, 0.05) is 11.6 Å². The number of benzene rings is 2. The maximum atomic E-state index is 11.7. The Bertz CT molecular complexity index is 817. The van der Waals surface area contributed by atoms with Crippen molar-refractivity contribution in [2.75, 3.05) is 13.2 Å². The summed E-state index contributed by atoms with van der Waals surface area (Å²) in [6.07, 6.45) is 1.99. The van der Waals surface area contributed by atoms with Crippen LogP contribution >= 0.6 is 0 Å². The normalized spacial score (nSPS) is 10.6. The van der Waals surface area contributed by atoms with Crippen LogP contribution in [0.1, 0.15) is 29.3 Å². The Morgan fingerprint density at radius 1 is 1.15 bits per heavy atom. The second-order valence-electron chi connectivity index (χ2n) is 5.49. The number of rotatable bonds is 8. The van der Waals surface area contributed by atoms with Crippen LogP contribution in [0.2, 0.25) is 0 Å². The molecule has 2 rings (SSSR count). The number of carbonyl (C=O) groups excluding carboxylic acids is 2. The van der Waals surface area contributed by atoms with Gasteiger partial charge in [-0.2, -0.15) is 5.10 Å². The molecule has 0 saturated carbocycles. The molecule has 1 amide bonds. The van der Waals surface area contributed by atoms with E-state index in [0.29, 0.717) is 23.5 Å². The lowest BCUT2D eigenvalue weighted by molar-refractivity contribution is -0.123. The summed E-state index contributed by atoms with van der Waals surface area (Å²) < 4.78 is 10.3. The number of nitrogens with one attached hydrogen (secondary N) is 1. The summed E-state index contributed by atoms with van der Waals surface area (Å²) in [6.45, 7) is 1.99. The predicted molar refractivity (Wildman–Crippen MR) is 98.0 cm³/mol. The molecule has 0 radical (unpaired) electrons. The maximum Gasteiger partial charge on any atom is 0.338 e. The molecule has 0 atom stereocenters. The van der Waals surface area contributed by atoms with Gasteiger partial charge in [0.2, 0.25) is 0 Å². The van der Waals surface area contributed by atoms with Crippen molar-refractivity contribution in [1.82, 2.24) is 5.43 Å². The van der Waals surface area contributed by atoms with Crippen LogP contribution in [0.15, 0.2) is 47.6 Å². The Balaban J connectivity index is 1.79. The van der Waals surface area contributed by atoms with Crippen LogP contribution in [0.3, 0.4) is 0 Å². The molecule has 0 heterocycles. The van der Waals surface area contributed by atoms with Crippen molar-refractivity contribution in [3.8, 4) is 17.2 Å². The van der Waals surface area contributed by atoms with E-state index in [2.05, 4.69) is 10.5 Å². The van der Waals surface area contributed by atoms with Crippen LogP contribution < -0.4 is 10.2 Å². The lowest BCUT2D eigenvalue weighted by atomic mass is 10.2. The summed E-state index contributed by atoms with van der Waals surface area (Å²) in [7, 11) is 0. The van der Waals surface area contributed by atoms with E-state index in [-0.39, 0.29) is 18.1 Å². The minimum atomic E-state index is -0.504. The molecule has 0 aromatic heterocycles. The third-order valence-electron chi connectivity index (χ3n) is 3.30. The standard InChI is InChI=1S/C19H20N2O6/c1-2-9-26-19(25)13-4-7-16(8-5-13)27-12-18(24)21-20-11-14-3-6-15(22)10-17(14)23/h3-8,10-11,22-23H,2,9,12H2,1H3,(H,21,24)/b20-11+. The van der Waals surface area contributed by atoms with Gasteiger partial charge < -0.3 is 19.7 Å². The number of ether oxygens (including phenoxy) is 2. The predicted octanol–water partition coefficient (Wildman–Crippen LogP) is 2.19. The van der Waals surface area contributed by atoms with E-state index in [1.54, 1.807) is 24.3 Å². The third kappa shape index (κ3) is 6.35. The van der Waals surface area contributed by atoms with Gasteiger partial charge in [-0.25, -0.2) is 10.2 Å². The maximum absolute atomic E-state index is 11.7. The summed E-state index contributed by atoms with van der Waals surface area (Å²) >= 11 is 0. The summed E-state index contributed by atoms with van der Waals surface area (Å²) in [5.74, 6) is -0.741. The van der Waals surface area contributed by atoms with Crippen LogP contribution in [0, 0.1) is 0 Å². The Kier molecular flexibility index (Phi) is 7.18. The molecule has 27 heavy (non-hydrogen) atoms. The first kappa shape index (κ1) is 19.8. The molecule has 142 valence electrons. The van der Waals surface area contributed by atoms with Crippen LogP contribution in [0.25, 0.3) is 0 Å². The first-order valence-corrected chi connectivity index (χ1v) is 8.23. The van der Waals surface area contributed by atoms with Crippen LogP contribution in [-0.4, -0.2) is 41.5 Å². The number of hydrazone groups is 1. The molecule has 3 N–H and O–H groups in total. The largest absolute Gasteiger partial charge is 0.508 e. The van der Waals surface area contributed by atoms with Gasteiger partial charge in [-0.05, 0) is 42.8 Å². The van der Waals surface area contributed by atoms with E-state index in [4.69, 9.17) is 9.47 Å².